The lowest BCUT2D eigenvalue weighted by Gasteiger charge is -2.38. The molecule has 1 aromatic carbocycles. The minimum absolute atomic E-state index is 0.0981. The monoisotopic (exact) mass is 417 g/mol. The molecule has 1 amide bonds. The highest BCUT2D eigenvalue weighted by Gasteiger charge is 2.55. The lowest BCUT2D eigenvalue weighted by molar-refractivity contribution is -0.146. The quantitative estimate of drug-likeness (QED) is 0.432. The molecule has 1 aromatic rings. The number of rotatable bonds is 6. The van der Waals surface area contributed by atoms with Crippen LogP contribution in [-0.4, -0.2) is 53.7 Å². The first-order chi connectivity index (χ1) is 14.0. The van der Waals surface area contributed by atoms with E-state index in [1.807, 2.05) is 12.1 Å². The molecule has 3 heterocycles. The third kappa shape index (κ3) is 3.56. The van der Waals surface area contributed by atoms with Gasteiger partial charge in [-0.25, -0.2) is 4.79 Å². The Hall–Kier alpha value is -2.29. The molecule has 29 heavy (non-hydrogen) atoms. The number of aliphatic hydroxyl groups excluding tert-OH is 1. The van der Waals surface area contributed by atoms with Crippen LogP contribution in [0.1, 0.15) is 25.3 Å². The van der Waals surface area contributed by atoms with E-state index in [0.29, 0.717) is 17.8 Å². The van der Waals surface area contributed by atoms with Gasteiger partial charge in [-0.3, -0.25) is 9.69 Å². The SMILES string of the molecule is COc1ccc(COC(=O)C2=C([C@@H]3CCCO3)S[C@@H]3C(=C(C)CO)C(=O)N23)cc1. The van der Waals surface area contributed by atoms with E-state index in [9.17, 15) is 14.7 Å². The van der Waals surface area contributed by atoms with E-state index < -0.39 is 5.97 Å². The second-order valence-electron chi connectivity index (χ2n) is 7.14. The molecule has 0 aliphatic carbocycles. The molecule has 0 aromatic heterocycles. The number of benzene rings is 1. The van der Waals surface area contributed by atoms with Crippen molar-refractivity contribution in [2.24, 2.45) is 0 Å². The third-order valence-corrected chi connectivity index (χ3v) is 6.66. The maximum Gasteiger partial charge on any atom is 0.356 e. The highest BCUT2D eigenvalue weighted by Crippen LogP contribution is 2.52. The minimum atomic E-state index is -0.532. The van der Waals surface area contributed by atoms with Gasteiger partial charge in [0.15, 0.2) is 0 Å². The van der Waals surface area contributed by atoms with Crippen LogP contribution in [0.2, 0.25) is 0 Å². The van der Waals surface area contributed by atoms with Crippen LogP contribution in [0.4, 0.5) is 0 Å². The number of carbonyl (C=O) groups is 2. The summed E-state index contributed by atoms with van der Waals surface area (Å²) in [5.74, 6) is -0.0583. The van der Waals surface area contributed by atoms with Crippen molar-refractivity contribution in [3.8, 4) is 5.75 Å². The first-order valence-electron chi connectivity index (χ1n) is 9.51. The molecule has 1 N–H and O–H groups in total. The van der Waals surface area contributed by atoms with Gasteiger partial charge < -0.3 is 19.3 Å². The second-order valence-corrected chi connectivity index (χ2v) is 8.26. The van der Waals surface area contributed by atoms with Crippen LogP contribution < -0.4 is 4.74 Å². The summed E-state index contributed by atoms with van der Waals surface area (Å²) >= 11 is 1.45. The number of aliphatic hydroxyl groups is 1. The van der Waals surface area contributed by atoms with E-state index in [-0.39, 0.29) is 36.3 Å². The zero-order valence-corrected chi connectivity index (χ0v) is 17.2. The van der Waals surface area contributed by atoms with Crippen molar-refractivity contribution in [2.45, 2.75) is 37.9 Å². The topological polar surface area (TPSA) is 85.3 Å². The van der Waals surface area contributed by atoms with E-state index >= 15 is 0 Å². The van der Waals surface area contributed by atoms with Gasteiger partial charge in [-0.05, 0) is 43.0 Å². The molecule has 0 radical (unpaired) electrons. The summed E-state index contributed by atoms with van der Waals surface area (Å²) in [5.41, 5.74) is 2.29. The molecule has 3 aliphatic heterocycles. The van der Waals surface area contributed by atoms with Crippen molar-refractivity contribution >= 4 is 23.6 Å². The summed E-state index contributed by atoms with van der Waals surface area (Å²) in [6, 6.07) is 7.26. The van der Waals surface area contributed by atoms with E-state index in [1.54, 1.807) is 26.2 Å². The van der Waals surface area contributed by atoms with Crippen LogP contribution in [0, 0.1) is 0 Å². The molecular weight excluding hydrogens is 394 g/mol. The van der Waals surface area contributed by atoms with Crippen LogP contribution in [0.25, 0.3) is 0 Å². The molecule has 7 nitrogen and oxygen atoms in total. The normalized spacial score (nSPS) is 25.1. The number of nitrogens with zero attached hydrogens (tertiary/aromatic N) is 1. The van der Waals surface area contributed by atoms with Crippen molar-refractivity contribution in [2.75, 3.05) is 20.3 Å². The number of thioether (sulfide) groups is 1. The van der Waals surface area contributed by atoms with E-state index in [0.717, 1.165) is 29.1 Å². The predicted octanol–water partition coefficient (Wildman–Crippen LogP) is 2.35. The molecule has 0 bridgehead atoms. The molecule has 2 saturated heterocycles. The number of amides is 1. The highest BCUT2D eigenvalue weighted by molar-refractivity contribution is 8.04. The molecule has 2 atom stereocenters. The summed E-state index contributed by atoms with van der Waals surface area (Å²) in [6.07, 6.45) is 1.53. The summed E-state index contributed by atoms with van der Waals surface area (Å²) in [4.78, 5) is 27.9. The Morgan fingerprint density at radius 2 is 2.10 bits per heavy atom. The van der Waals surface area contributed by atoms with Crippen LogP contribution >= 0.6 is 11.8 Å². The van der Waals surface area contributed by atoms with Crippen LogP contribution in [-0.2, 0) is 25.7 Å². The van der Waals surface area contributed by atoms with Gasteiger partial charge in [0.2, 0.25) is 0 Å². The van der Waals surface area contributed by atoms with Crippen LogP contribution in [0.15, 0.2) is 46.0 Å². The van der Waals surface area contributed by atoms with Gasteiger partial charge in [0.1, 0.15) is 23.4 Å². The first-order valence-corrected chi connectivity index (χ1v) is 10.4. The molecule has 0 spiro atoms. The number of carbonyl (C=O) groups excluding carboxylic acids is 2. The first kappa shape index (κ1) is 20.0. The fraction of sp³-hybridized carbons (Fsp3) is 0.429. The Labute approximate surface area is 173 Å². The Balaban J connectivity index is 1.55. The van der Waals surface area contributed by atoms with Crippen molar-refractivity contribution in [3.05, 3.63) is 51.6 Å². The number of β-lactam (4-membered cyclic amide) rings is 1. The van der Waals surface area contributed by atoms with Gasteiger partial charge in [-0.1, -0.05) is 23.9 Å². The van der Waals surface area contributed by atoms with E-state index in [2.05, 4.69) is 0 Å². The molecular formula is C21H23NO6S. The lowest BCUT2D eigenvalue weighted by Crippen LogP contribution is -2.52. The van der Waals surface area contributed by atoms with Gasteiger partial charge in [0, 0.05) is 11.5 Å². The molecule has 3 aliphatic rings. The maximum absolute atomic E-state index is 13.0. The van der Waals surface area contributed by atoms with Gasteiger partial charge in [-0.15, -0.1) is 0 Å². The standard InChI is InChI=1S/C21H23NO6S/c1-12(10-23)16-19(24)22-17(18(29-20(16)22)15-4-3-9-27-15)21(25)28-11-13-5-7-14(26-2)8-6-13/h5-8,15,20,23H,3-4,9-11H2,1-2H3/t15-,20+/m0/s1. The average molecular weight is 417 g/mol. The highest BCUT2D eigenvalue weighted by atomic mass is 32.2. The molecule has 8 heteroatoms. The largest absolute Gasteiger partial charge is 0.497 e. The fourth-order valence-corrected chi connectivity index (χ4v) is 5.26. The zero-order valence-electron chi connectivity index (χ0n) is 16.3. The Morgan fingerprint density at radius 1 is 1.34 bits per heavy atom. The number of methoxy groups -OCH3 is 1. The van der Waals surface area contributed by atoms with Crippen molar-refractivity contribution in [3.63, 3.8) is 0 Å². The molecule has 154 valence electrons. The minimum Gasteiger partial charge on any atom is -0.497 e. The Kier molecular flexibility index (Phi) is 5.67. The summed E-state index contributed by atoms with van der Waals surface area (Å²) in [6.45, 7) is 2.29. The Bertz CT molecular complexity index is 885. The molecule has 4 rings (SSSR count). The fourth-order valence-electron chi connectivity index (χ4n) is 3.66. The number of hydrogen-bond donors (Lipinski definition) is 1. The number of hydrogen-bond acceptors (Lipinski definition) is 7. The van der Waals surface area contributed by atoms with Crippen molar-refractivity contribution in [1.82, 2.24) is 4.90 Å². The lowest BCUT2D eigenvalue weighted by atomic mass is 9.99. The molecule has 0 saturated carbocycles. The predicted molar refractivity (Wildman–Crippen MR) is 107 cm³/mol. The number of ether oxygens (including phenoxy) is 3. The third-order valence-electron chi connectivity index (χ3n) is 5.28. The van der Waals surface area contributed by atoms with Gasteiger partial charge in [-0.2, -0.15) is 0 Å². The zero-order chi connectivity index (χ0) is 20.5. The second kappa shape index (κ2) is 8.22. The van der Waals surface area contributed by atoms with Gasteiger partial charge in [0.25, 0.3) is 5.91 Å². The van der Waals surface area contributed by atoms with E-state index in [1.165, 1.54) is 16.7 Å². The number of esters is 1. The van der Waals surface area contributed by atoms with Crippen LogP contribution in [0.3, 0.4) is 0 Å². The summed E-state index contributed by atoms with van der Waals surface area (Å²) in [5, 5.41) is 9.14. The molecule has 2 fully saturated rings. The number of fused-ring (bicyclic) bond motifs is 1. The summed E-state index contributed by atoms with van der Waals surface area (Å²) < 4.78 is 16.4. The van der Waals surface area contributed by atoms with E-state index in [4.69, 9.17) is 14.2 Å². The van der Waals surface area contributed by atoms with Crippen molar-refractivity contribution in [1.29, 1.82) is 0 Å². The van der Waals surface area contributed by atoms with Crippen molar-refractivity contribution < 1.29 is 28.9 Å². The maximum atomic E-state index is 13.0. The van der Waals surface area contributed by atoms with Gasteiger partial charge in [0.05, 0.1) is 25.4 Å². The smallest absolute Gasteiger partial charge is 0.356 e. The van der Waals surface area contributed by atoms with Crippen LogP contribution in [0.5, 0.6) is 5.75 Å². The Morgan fingerprint density at radius 3 is 2.72 bits per heavy atom. The van der Waals surface area contributed by atoms with Gasteiger partial charge >= 0.3 is 5.97 Å². The summed E-state index contributed by atoms with van der Waals surface area (Å²) in [7, 11) is 1.59. The average Bonchev–Trinajstić information content (AvgIpc) is 3.38. The molecule has 0 unspecified atom stereocenters.